The first-order chi connectivity index (χ1) is 8.87. The van der Waals surface area contributed by atoms with Crippen molar-refractivity contribution in [2.45, 2.75) is 26.4 Å². The first kappa shape index (κ1) is 13.2. The Kier molecular flexibility index (Phi) is 3.33. The van der Waals surface area contributed by atoms with Crippen molar-refractivity contribution in [3.63, 3.8) is 0 Å². The second-order valence-corrected chi connectivity index (χ2v) is 5.19. The van der Waals surface area contributed by atoms with Crippen LogP contribution < -0.4 is 10.6 Å². The van der Waals surface area contributed by atoms with Crippen LogP contribution in [0, 0.1) is 0 Å². The third kappa shape index (κ3) is 3.37. The fourth-order valence-corrected chi connectivity index (χ4v) is 1.62. The molecule has 6 heteroatoms. The number of imidazole rings is 1. The molecule has 0 atom stereocenters. The number of H-pyrrole nitrogens is 1. The summed E-state index contributed by atoms with van der Waals surface area (Å²) in [6.45, 7) is 5.43. The Morgan fingerprint density at radius 1 is 1.37 bits per heavy atom. The van der Waals surface area contributed by atoms with Crippen molar-refractivity contribution in [2.75, 3.05) is 17.7 Å². The maximum Gasteiger partial charge on any atom is 0.414 e. The van der Waals surface area contributed by atoms with Crippen LogP contribution >= 0.6 is 0 Å². The molecule has 0 spiro atoms. The van der Waals surface area contributed by atoms with Gasteiger partial charge in [-0.05, 0) is 39.0 Å². The molecule has 3 N–H and O–H groups in total. The van der Waals surface area contributed by atoms with Crippen LogP contribution in [0.1, 0.15) is 20.8 Å². The van der Waals surface area contributed by atoms with Crippen LogP contribution in [-0.4, -0.2) is 28.7 Å². The summed E-state index contributed by atoms with van der Waals surface area (Å²) in [5.41, 5.74) is 2.07. The van der Waals surface area contributed by atoms with Gasteiger partial charge >= 0.3 is 6.09 Å². The van der Waals surface area contributed by atoms with Gasteiger partial charge in [-0.1, -0.05) is 0 Å². The molecule has 0 saturated carbocycles. The summed E-state index contributed by atoms with van der Waals surface area (Å²) in [6.07, 6.45) is -0.527. The average Bonchev–Trinajstić information content (AvgIpc) is 2.66. The highest BCUT2D eigenvalue weighted by atomic mass is 16.6. The number of ether oxygens (including phenoxy) is 1. The number of carbonyl (C=O) groups is 1. The maximum absolute atomic E-state index is 11.6. The van der Waals surface area contributed by atoms with Crippen LogP contribution in [0.4, 0.5) is 16.4 Å². The van der Waals surface area contributed by atoms with Crippen LogP contribution in [0.5, 0.6) is 0 Å². The normalized spacial score (nSPS) is 11.4. The Labute approximate surface area is 111 Å². The van der Waals surface area contributed by atoms with E-state index in [2.05, 4.69) is 20.6 Å². The number of rotatable bonds is 2. The Morgan fingerprint density at radius 2 is 2.11 bits per heavy atom. The smallest absolute Gasteiger partial charge is 0.414 e. The number of aromatic amines is 1. The van der Waals surface area contributed by atoms with E-state index in [4.69, 9.17) is 4.74 Å². The predicted molar refractivity (Wildman–Crippen MR) is 75.5 cm³/mol. The van der Waals surface area contributed by atoms with Crippen LogP contribution in [-0.2, 0) is 4.74 Å². The minimum Gasteiger partial charge on any atom is -0.444 e. The lowest BCUT2D eigenvalue weighted by atomic mass is 10.2. The molecule has 2 rings (SSSR count). The first-order valence-electron chi connectivity index (χ1n) is 6.05. The van der Waals surface area contributed by atoms with Gasteiger partial charge in [0.2, 0.25) is 5.95 Å². The third-order valence-electron chi connectivity index (χ3n) is 2.39. The summed E-state index contributed by atoms with van der Waals surface area (Å²) in [5, 5.41) is 5.62. The predicted octanol–water partition coefficient (Wildman–Crippen LogP) is 2.95. The molecule has 0 aliphatic carbocycles. The minimum atomic E-state index is -0.532. The van der Waals surface area contributed by atoms with Crippen molar-refractivity contribution in [1.82, 2.24) is 9.97 Å². The van der Waals surface area contributed by atoms with Gasteiger partial charge in [-0.3, -0.25) is 5.32 Å². The van der Waals surface area contributed by atoms with E-state index in [1.807, 2.05) is 46.0 Å². The summed E-state index contributed by atoms with van der Waals surface area (Å²) in [7, 11) is 1.84. The second-order valence-electron chi connectivity index (χ2n) is 5.19. The van der Waals surface area contributed by atoms with Crippen molar-refractivity contribution in [2.24, 2.45) is 0 Å². The quantitative estimate of drug-likeness (QED) is 0.777. The minimum absolute atomic E-state index is 0.373. The molecule has 19 heavy (non-hydrogen) atoms. The number of anilines is 2. The number of fused-ring (bicyclic) bond motifs is 1. The molecule has 6 nitrogen and oxygen atoms in total. The topological polar surface area (TPSA) is 79.0 Å². The molecular formula is C13H18N4O2. The van der Waals surface area contributed by atoms with Gasteiger partial charge in [0, 0.05) is 12.7 Å². The van der Waals surface area contributed by atoms with Gasteiger partial charge in [-0.25, -0.2) is 9.78 Å². The molecular weight excluding hydrogens is 244 g/mol. The summed E-state index contributed by atoms with van der Waals surface area (Å²) in [5.74, 6) is 0.373. The summed E-state index contributed by atoms with van der Waals surface area (Å²) in [6, 6.07) is 5.71. The van der Waals surface area contributed by atoms with Crippen LogP contribution in [0.3, 0.4) is 0 Å². The van der Waals surface area contributed by atoms with Crippen molar-refractivity contribution >= 4 is 28.8 Å². The number of hydrogen-bond donors (Lipinski definition) is 3. The number of hydrogen-bond acceptors (Lipinski definition) is 4. The molecule has 0 unspecified atom stereocenters. The van der Waals surface area contributed by atoms with E-state index in [1.165, 1.54) is 0 Å². The van der Waals surface area contributed by atoms with Crippen molar-refractivity contribution in [3.05, 3.63) is 18.2 Å². The monoisotopic (exact) mass is 262 g/mol. The zero-order chi connectivity index (χ0) is 14.0. The zero-order valence-electron chi connectivity index (χ0n) is 11.5. The molecule has 1 heterocycles. The van der Waals surface area contributed by atoms with E-state index in [-0.39, 0.29) is 0 Å². The van der Waals surface area contributed by atoms with E-state index in [0.29, 0.717) is 5.95 Å². The van der Waals surface area contributed by atoms with Gasteiger partial charge in [-0.2, -0.15) is 0 Å². The van der Waals surface area contributed by atoms with E-state index in [1.54, 1.807) is 0 Å². The molecule has 0 saturated heterocycles. The zero-order valence-corrected chi connectivity index (χ0v) is 11.5. The van der Waals surface area contributed by atoms with Gasteiger partial charge in [-0.15, -0.1) is 0 Å². The lowest BCUT2D eigenvalue weighted by Gasteiger charge is -2.18. The van der Waals surface area contributed by atoms with Crippen molar-refractivity contribution in [1.29, 1.82) is 0 Å². The lowest BCUT2D eigenvalue weighted by molar-refractivity contribution is 0.0635. The summed E-state index contributed by atoms with van der Waals surface area (Å²) < 4.78 is 5.16. The third-order valence-corrected chi connectivity index (χ3v) is 2.39. The molecule has 102 valence electrons. The molecule has 1 amide bonds. The largest absolute Gasteiger partial charge is 0.444 e. The Morgan fingerprint density at radius 3 is 2.74 bits per heavy atom. The Bertz CT molecular complexity index is 598. The number of nitrogens with zero attached hydrogens (tertiary/aromatic N) is 1. The number of benzene rings is 1. The SMILES string of the molecule is CNc1ccc2nc(NC(=O)OC(C)(C)C)[nH]c2c1. The highest BCUT2D eigenvalue weighted by Gasteiger charge is 2.17. The second kappa shape index (κ2) is 4.79. The Hall–Kier alpha value is -2.24. The fraction of sp³-hybridized carbons (Fsp3) is 0.385. The van der Waals surface area contributed by atoms with Gasteiger partial charge in [0.05, 0.1) is 11.0 Å². The molecule has 0 radical (unpaired) electrons. The molecule has 2 aromatic rings. The molecule has 0 bridgehead atoms. The maximum atomic E-state index is 11.6. The van der Waals surface area contributed by atoms with Gasteiger partial charge < -0.3 is 15.0 Å². The van der Waals surface area contributed by atoms with E-state index in [9.17, 15) is 4.79 Å². The number of nitrogens with one attached hydrogen (secondary N) is 3. The van der Waals surface area contributed by atoms with Gasteiger partial charge in [0.15, 0.2) is 0 Å². The molecule has 0 aliphatic rings. The number of aromatic nitrogens is 2. The van der Waals surface area contributed by atoms with Gasteiger partial charge in [0.25, 0.3) is 0 Å². The standard InChI is InChI=1S/C13H18N4O2/c1-13(2,3)19-12(18)17-11-15-9-6-5-8(14-4)7-10(9)16-11/h5-7,14H,1-4H3,(H2,15,16,17,18). The summed E-state index contributed by atoms with van der Waals surface area (Å²) in [4.78, 5) is 18.9. The van der Waals surface area contributed by atoms with Crippen LogP contribution in [0.2, 0.25) is 0 Å². The Balaban J connectivity index is 2.15. The lowest BCUT2D eigenvalue weighted by Crippen LogP contribution is -2.27. The number of amides is 1. The fourth-order valence-electron chi connectivity index (χ4n) is 1.62. The number of carbonyl (C=O) groups excluding carboxylic acids is 1. The highest BCUT2D eigenvalue weighted by Crippen LogP contribution is 2.19. The van der Waals surface area contributed by atoms with Crippen molar-refractivity contribution in [3.8, 4) is 0 Å². The van der Waals surface area contributed by atoms with Crippen molar-refractivity contribution < 1.29 is 9.53 Å². The van der Waals surface area contributed by atoms with E-state index in [0.717, 1.165) is 16.7 Å². The van der Waals surface area contributed by atoms with E-state index < -0.39 is 11.7 Å². The highest BCUT2D eigenvalue weighted by molar-refractivity contribution is 5.87. The average molecular weight is 262 g/mol. The van der Waals surface area contributed by atoms with Gasteiger partial charge in [0.1, 0.15) is 5.60 Å². The van der Waals surface area contributed by atoms with Crippen LogP contribution in [0.15, 0.2) is 18.2 Å². The van der Waals surface area contributed by atoms with E-state index >= 15 is 0 Å². The summed E-state index contributed by atoms with van der Waals surface area (Å²) >= 11 is 0. The molecule has 1 aromatic heterocycles. The van der Waals surface area contributed by atoms with Crippen LogP contribution in [0.25, 0.3) is 11.0 Å². The molecule has 0 aliphatic heterocycles. The molecule has 1 aromatic carbocycles. The molecule has 0 fully saturated rings. The first-order valence-corrected chi connectivity index (χ1v) is 6.05.